The fourth-order valence-electron chi connectivity index (χ4n) is 2.70. The number of nitrogens with one attached hydrogen (secondary N) is 1. The van der Waals surface area contributed by atoms with Gasteiger partial charge in [0.25, 0.3) is 0 Å². The molecule has 6 heteroatoms. The minimum atomic E-state index is -3.15. The van der Waals surface area contributed by atoms with Crippen molar-refractivity contribution >= 4 is 15.8 Å². The van der Waals surface area contributed by atoms with E-state index in [2.05, 4.69) is 10.3 Å². The van der Waals surface area contributed by atoms with Gasteiger partial charge in [-0.1, -0.05) is 37.8 Å². The molecule has 22 heavy (non-hydrogen) atoms. The van der Waals surface area contributed by atoms with E-state index < -0.39 is 9.84 Å². The topological polar surface area (TPSA) is 84.5 Å². The van der Waals surface area contributed by atoms with Crippen LogP contribution in [-0.2, 0) is 16.4 Å². The second-order valence-electron chi connectivity index (χ2n) is 5.95. The minimum absolute atomic E-state index is 0.324. The molecule has 0 bridgehead atoms. The first-order valence-electron chi connectivity index (χ1n) is 7.80. The maximum atomic E-state index is 11.4. The van der Waals surface area contributed by atoms with Crippen LogP contribution >= 0.6 is 0 Å². The molecule has 0 unspecified atom stereocenters. The predicted molar refractivity (Wildman–Crippen MR) is 89.5 cm³/mol. The summed E-state index contributed by atoms with van der Waals surface area (Å²) in [6.07, 6.45) is 8.62. The molecule has 0 radical (unpaired) electrons. The van der Waals surface area contributed by atoms with Crippen LogP contribution in [0.2, 0.25) is 0 Å². The van der Waals surface area contributed by atoms with Crippen LogP contribution in [0.3, 0.4) is 0 Å². The maximum absolute atomic E-state index is 11.4. The third kappa shape index (κ3) is 5.33. The molecule has 0 spiro atoms. The Hall–Kier alpha value is -1.56. The molecule has 2 rings (SSSR count). The first-order chi connectivity index (χ1) is 10.4. The van der Waals surface area contributed by atoms with Gasteiger partial charge >= 0.3 is 0 Å². The van der Waals surface area contributed by atoms with Crippen LogP contribution in [0.15, 0.2) is 34.2 Å². The van der Waals surface area contributed by atoms with E-state index in [-0.39, 0.29) is 0 Å². The predicted octanol–water partition coefficient (Wildman–Crippen LogP) is 2.22. The van der Waals surface area contributed by atoms with Crippen molar-refractivity contribution in [1.82, 2.24) is 5.32 Å². The molecular weight excluding hydrogens is 298 g/mol. The molecule has 0 aliphatic heterocycles. The summed E-state index contributed by atoms with van der Waals surface area (Å²) in [7, 11) is -3.15. The highest BCUT2D eigenvalue weighted by Gasteiger charge is 2.12. The van der Waals surface area contributed by atoms with Gasteiger partial charge in [-0.25, -0.2) is 13.4 Å². The molecule has 0 atom stereocenters. The lowest BCUT2D eigenvalue weighted by Crippen LogP contribution is -2.39. The van der Waals surface area contributed by atoms with Gasteiger partial charge < -0.3 is 11.1 Å². The van der Waals surface area contributed by atoms with Crippen LogP contribution in [0.25, 0.3) is 0 Å². The second-order valence-corrected chi connectivity index (χ2v) is 7.97. The van der Waals surface area contributed by atoms with Crippen LogP contribution in [0, 0.1) is 0 Å². The van der Waals surface area contributed by atoms with Gasteiger partial charge in [-0.3, -0.25) is 0 Å². The number of aliphatic imine (C=N–C) groups is 1. The van der Waals surface area contributed by atoms with Crippen LogP contribution in [0.1, 0.15) is 44.1 Å². The van der Waals surface area contributed by atoms with Crippen LogP contribution in [0.5, 0.6) is 0 Å². The van der Waals surface area contributed by atoms with E-state index >= 15 is 0 Å². The average Bonchev–Trinajstić information content (AvgIpc) is 2.73. The molecule has 0 heterocycles. The fourth-order valence-corrected chi connectivity index (χ4v) is 3.33. The number of sulfone groups is 1. The van der Waals surface area contributed by atoms with Crippen molar-refractivity contribution in [3.8, 4) is 0 Å². The molecule has 1 aliphatic carbocycles. The molecule has 1 aliphatic rings. The summed E-state index contributed by atoms with van der Waals surface area (Å²) < 4.78 is 22.8. The Bertz CT molecular complexity index is 601. The number of hydrogen-bond acceptors (Lipinski definition) is 3. The number of nitrogens with two attached hydrogens (primary N) is 1. The summed E-state index contributed by atoms with van der Waals surface area (Å²) in [5.41, 5.74) is 6.89. The van der Waals surface area contributed by atoms with Crippen molar-refractivity contribution in [2.75, 3.05) is 6.26 Å². The van der Waals surface area contributed by atoms with Crippen molar-refractivity contribution in [1.29, 1.82) is 0 Å². The molecule has 5 nitrogen and oxygen atoms in total. The van der Waals surface area contributed by atoms with E-state index in [0.717, 1.165) is 18.4 Å². The lowest BCUT2D eigenvalue weighted by Gasteiger charge is -2.16. The van der Waals surface area contributed by atoms with Gasteiger partial charge in [0.2, 0.25) is 0 Å². The largest absolute Gasteiger partial charge is 0.370 e. The van der Waals surface area contributed by atoms with Gasteiger partial charge in [0.15, 0.2) is 15.8 Å². The highest BCUT2D eigenvalue weighted by atomic mass is 32.2. The maximum Gasteiger partial charge on any atom is 0.189 e. The Morgan fingerprint density at radius 3 is 2.32 bits per heavy atom. The smallest absolute Gasteiger partial charge is 0.189 e. The summed E-state index contributed by atoms with van der Waals surface area (Å²) in [5.74, 6) is 0.471. The molecule has 122 valence electrons. The van der Waals surface area contributed by atoms with Crippen LogP contribution < -0.4 is 11.1 Å². The van der Waals surface area contributed by atoms with Gasteiger partial charge in [0.1, 0.15) is 0 Å². The fraction of sp³-hybridized carbons (Fsp3) is 0.562. The molecule has 1 saturated carbocycles. The van der Waals surface area contributed by atoms with Crippen molar-refractivity contribution < 1.29 is 8.42 Å². The zero-order valence-electron chi connectivity index (χ0n) is 13.1. The molecule has 1 aromatic carbocycles. The Morgan fingerprint density at radius 2 is 1.77 bits per heavy atom. The zero-order chi connectivity index (χ0) is 16.0. The lowest BCUT2D eigenvalue weighted by molar-refractivity contribution is 0.530. The molecule has 0 aromatic heterocycles. The molecule has 1 fully saturated rings. The van der Waals surface area contributed by atoms with Gasteiger partial charge in [-0.15, -0.1) is 0 Å². The van der Waals surface area contributed by atoms with E-state index in [1.165, 1.54) is 31.9 Å². The highest BCUT2D eigenvalue weighted by molar-refractivity contribution is 7.90. The normalized spacial score (nSPS) is 18.0. The van der Waals surface area contributed by atoms with E-state index in [4.69, 9.17) is 5.73 Å². The summed E-state index contributed by atoms with van der Waals surface area (Å²) >= 11 is 0. The second kappa shape index (κ2) is 7.63. The summed E-state index contributed by atoms with van der Waals surface area (Å²) in [6.45, 7) is 0.454. The summed E-state index contributed by atoms with van der Waals surface area (Å²) in [4.78, 5) is 4.67. The molecular formula is C16H25N3O2S. The van der Waals surface area contributed by atoms with Gasteiger partial charge in [0.05, 0.1) is 11.4 Å². The van der Waals surface area contributed by atoms with E-state index in [0.29, 0.717) is 23.4 Å². The van der Waals surface area contributed by atoms with Crippen molar-refractivity contribution in [2.45, 2.75) is 56.0 Å². The quantitative estimate of drug-likeness (QED) is 0.505. The molecule has 3 N–H and O–H groups in total. The monoisotopic (exact) mass is 323 g/mol. The summed E-state index contributed by atoms with van der Waals surface area (Å²) in [5, 5.41) is 3.30. The van der Waals surface area contributed by atoms with Crippen LogP contribution in [-0.4, -0.2) is 26.7 Å². The Kier molecular flexibility index (Phi) is 5.83. The first-order valence-corrected chi connectivity index (χ1v) is 9.70. The minimum Gasteiger partial charge on any atom is -0.370 e. The van der Waals surface area contributed by atoms with Crippen molar-refractivity contribution in [2.24, 2.45) is 10.7 Å². The van der Waals surface area contributed by atoms with Crippen molar-refractivity contribution in [3.05, 3.63) is 29.8 Å². The van der Waals surface area contributed by atoms with Crippen LogP contribution in [0.4, 0.5) is 0 Å². The molecule has 1 aromatic rings. The summed E-state index contributed by atoms with van der Waals surface area (Å²) in [6, 6.07) is 7.20. The zero-order valence-corrected chi connectivity index (χ0v) is 13.9. The number of hydrogen-bond donors (Lipinski definition) is 2. The number of benzene rings is 1. The van der Waals surface area contributed by atoms with E-state index in [9.17, 15) is 8.42 Å². The third-order valence-corrected chi connectivity index (χ3v) is 5.12. The average molecular weight is 323 g/mol. The number of rotatable bonds is 4. The lowest BCUT2D eigenvalue weighted by atomic mass is 10.1. The Morgan fingerprint density at radius 1 is 1.18 bits per heavy atom. The third-order valence-electron chi connectivity index (χ3n) is 3.99. The van der Waals surface area contributed by atoms with Gasteiger partial charge in [0, 0.05) is 12.3 Å². The molecule has 0 amide bonds. The first kappa shape index (κ1) is 16.8. The number of nitrogens with zero attached hydrogens (tertiary/aromatic N) is 1. The van der Waals surface area contributed by atoms with E-state index in [1.54, 1.807) is 24.3 Å². The van der Waals surface area contributed by atoms with Gasteiger partial charge in [-0.05, 0) is 30.5 Å². The van der Waals surface area contributed by atoms with Crippen molar-refractivity contribution in [3.63, 3.8) is 0 Å². The number of guanidine groups is 1. The van der Waals surface area contributed by atoms with E-state index in [1.807, 2.05) is 0 Å². The Balaban J connectivity index is 1.90. The standard InChI is InChI=1S/C16H25N3O2S/c1-22(20,21)15-10-8-13(9-11-15)12-18-16(17)19-14-6-4-2-3-5-7-14/h8-11,14H,2-7,12H2,1H3,(H3,17,18,19). The molecule has 0 saturated heterocycles. The van der Waals surface area contributed by atoms with Gasteiger partial charge in [-0.2, -0.15) is 0 Å². The Labute approximate surface area is 132 Å². The SMILES string of the molecule is CS(=O)(=O)c1ccc(CN=C(N)NC2CCCCCC2)cc1. The highest BCUT2D eigenvalue weighted by Crippen LogP contribution is 2.17.